The fourth-order valence-electron chi connectivity index (χ4n) is 2.12. The highest BCUT2D eigenvalue weighted by Crippen LogP contribution is 2.22. The third kappa shape index (κ3) is 5.29. The van der Waals surface area contributed by atoms with Gasteiger partial charge in [0.05, 0.1) is 6.21 Å². The molecule has 25 heavy (non-hydrogen) atoms. The Morgan fingerprint density at radius 3 is 2.44 bits per heavy atom. The van der Waals surface area contributed by atoms with Gasteiger partial charge in [-0.15, -0.1) is 11.8 Å². The minimum absolute atomic E-state index is 0.229. The molecule has 0 unspecified atom stereocenters. The van der Waals surface area contributed by atoms with Crippen LogP contribution in [-0.4, -0.2) is 17.1 Å². The molecular formula is C20H17N3OS. The van der Waals surface area contributed by atoms with Crippen LogP contribution in [0.3, 0.4) is 0 Å². The lowest BCUT2D eigenvalue weighted by atomic mass is 10.1. The van der Waals surface area contributed by atoms with Crippen LogP contribution in [0.15, 0.2) is 89.1 Å². The molecule has 0 aliphatic heterocycles. The van der Waals surface area contributed by atoms with Crippen LogP contribution in [0.4, 0.5) is 0 Å². The van der Waals surface area contributed by atoms with Crippen LogP contribution in [0.1, 0.15) is 21.5 Å². The fraction of sp³-hybridized carbons (Fsp3) is 0.0500. The number of hydrazone groups is 1. The minimum Gasteiger partial charge on any atom is -0.267 e. The van der Waals surface area contributed by atoms with Gasteiger partial charge >= 0.3 is 0 Å². The summed E-state index contributed by atoms with van der Waals surface area (Å²) in [6, 6.07) is 21.5. The van der Waals surface area contributed by atoms with Crippen LogP contribution in [0, 0.1) is 0 Å². The molecule has 1 amide bonds. The predicted octanol–water partition coefficient (Wildman–Crippen LogP) is 4.14. The average molecular weight is 347 g/mol. The van der Waals surface area contributed by atoms with Crippen LogP contribution in [0.2, 0.25) is 0 Å². The van der Waals surface area contributed by atoms with Gasteiger partial charge in [-0.25, -0.2) is 5.43 Å². The van der Waals surface area contributed by atoms with E-state index in [1.165, 1.54) is 10.5 Å². The Labute approximate surface area is 151 Å². The summed E-state index contributed by atoms with van der Waals surface area (Å²) in [4.78, 5) is 17.2. The molecular weight excluding hydrogens is 330 g/mol. The van der Waals surface area contributed by atoms with E-state index in [0.717, 1.165) is 11.3 Å². The Balaban J connectivity index is 1.52. The van der Waals surface area contributed by atoms with Gasteiger partial charge in [0.25, 0.3) is 5.91 Å². The van der Waals surface area contributed by atoms with Crippen molar-refractivity contribution in [2.75, 3.05) is 0 Å². The molecule has 0 radical (unpaired) electrons. The second kappa shape index (κ2) is 8.80. The standard InChI is InChI=1S/C20H17N3OS/c24-20(23-22-14-16-10-12-21-13-11-16)18-8-6-17(7-9-18)15-25-19-4-2-1-3-5-19/h1-14H,15H2,(H,23,24)/b22-14-. The van der Waals surface area contributed by atoms with Crippen LogP contribution < -0.4 is 5.43 Å². The van der Waals surface area contributed by atoms with Crippen LogP contribution in [-0.2, 0) is 5.75 Å². The lowest BCUT2D eigenvalue weighted by molar-refractivity contribution is 0.0955. The molecule has 0 bridgehead atoms. The maximum absolute atomic E-state index is 12.1. The topological polar surface area (TPSA) is 54.4 Å². The largest absolute Gasteiger partial charge is 0.271 e. The molecule has 3 rings (SSSR count). The smallest absolute Gasteiger partial charge is 0.267 e. The number of amides is 1. The maximum atomic E-state index is 12.1. The van der Waals surface area contributed by atoms with Gasteiger partial charge in [0.2, 0.25) is 0 Å². The number of thioether (sulfide) groups is 1. The SMILES string of the molecule is O=C(N/N=C\c1ccncc1)c1ccc(CSc2ccccc2)cc1. The Morgan fingerprint density at radius 1 is 1.00 bits per heavy atom. The Bertz CT molecular complexity index is 834. The first-order chi connectivity index (χ1) is 12.3. The second-order valence-electron chi connectivity index (χ2n) is 5.28. The van der Waals surface area contributed by atoms with Crippen molar-refractivity contribution in [3.63, 3.8) is 0 Å². The van der Waals surface area contributed by atoms with Crippen LogP contribution in [0.25, 0.3) is 0 Å². The lowest BCUT2D eigenvalue weighted by Crippen LogP contribution is -2.17. The number of nitrogens with zero attached hydrogens (tertiary/aromatic N) is 2. The first-order valence-electron chi connectivity index (χ1n) is 7.81. The van der Waals surface area contributed by atoms with Crippen molar-refractivity contribution in [3.05, 3.63) is 95.8 Å². The first kappa shape index (κ1) is 16.9. The molecule has 0 aliphatic rings. The van der Waals surface area contributed by atoms with E-state index in [0.29, 0.717) is 5.56 Å². The molecule has 0 aliphatic carbocycles. The van der Waals surface area contributed by atoms with E-state index < -0.39 is 0 Å². The number of carbonyl (C=O) groups excluding carboxylic acids is 1. The van der Waals surface area contributed by atoms with Crippen molar-refractivity contribution in [2.24, 2.45) is 5.10 Å². The van der Waals surface area contributed by atoms with Crippen molar-refractivity contribution >= 4 is 23.9 Å². The number of rotatable bonds is 6. The summed E-state index contributed by atoms with van der Waals surface area (Å²) < 4.78 is 0. The summed E-state index contributed by atoms with van der Waals surface area (Å²) in [5, 5.41) is 3.96. The van der Waals surface area contributed by atoms with Crippen molar-refractivity contribution in [1.29, 1.82) is 0 Å². The van der Waals surface area contributed by atoms with Crippen LogP contribution >= 0.6 is 11.8 Å². The number of aromatic nitrogens is 1. The molecule has 1 N–H and O–H groups in total. The normalized spacial score (nSPS) is 10.7. The molecule has 1 heterocycles. The highest BCUT2D eigenvalue weighted by Gasteiger charge is 2.04. The molecule has 0 atom stereocenters. The first-order valence-corrected chi connectivity index (χ1v) is 8.80. The molecule has 4 nitrogen and oxygen atoms in total. The Kier molecular flexibility index (Phi) is 5.96. The van der Waals surface area contributed by atoms with Crippen molar-refractivity contribution in [3.8, 4) is 0 Å². The van der Waals surface area contributed by atoms with E-state index in [2.05, 4.69) is 27.6 Å². The maximum Gasteiger partial charge on any atom is 0.271 e. The minimum atomic E-state index is -0.229. The zero-order chi connectivity index (χ0) is 17.3. The number of nitrogens with one attached hydrogen (secondary N) is 1. The van der Waals surface area contributed by atoms with Gasteiger partial charge in [0.1, 0.15) is 0 Å². The van der Waals surface area contributed by atoms with Gasteiger partial charge < -0.3 is 0 Å². The van der Waals surface area contributed by atoms with Crippen molar-refractivity contribution in [1.82, 2.24) is 10.4 Å². The highest BCUT2D eigenvalue weighted by molar-refractivity contribution is 7.98. The van der Waals surface area contributed by atoms with E-state index in [1.807, 2.05) is 54.6 Å². The molecule has 3 aromatic rings. The molecule has 124 valence electrons. The summed E-state index contributed by atoms with van der Waals surface area (Å²) in [5.74, 6) is 0.638. The molecule has 0 spiro atoms. The summed E-state index contributed by atoms with van der Waals surface area (Å²) in [6.07, 6.45) is 4.94. The summed E-state index contributed by atoms with van der Waals surface area (Å²) in [6.45, 7) is 0. The van der Waals surface area contributed by atoms with E-state index in [1.54, 1.807) is 30.4 Å². The number of pyridine rings is 1. The zero-order valence-electron chi connectivity index (χ0n) is 13.5. The van der Waals surface area contributed by atoms with Crippen LogP contribution in [0.5, 0.6) is 0 Å². The number of carbonyl (C=O) groups is 1. The highest BCUT2D eigenvalue weighted by atomic mass is 32.2. The summed E-state index contributed by atoms with van der Waals surface area (Å²) >= 11 is 1.77. The quantitative estimate of drug-likeness (QED) is 0.414. The van der Waals surface area contributed by atoms with Gasteiger partial charge in [-0.3, -0.25) is 9.78 Å². The zero-order valence-corrected chi connectivity index (χ0v) is 14.3. The second-order valence-corrected chi connectivity index (χ2v) is 6.33. The van der Waals surface area contributed by atoms with Gasteiger partial charge in [-0.05, 0) is 47.5 Å². The van der Waals surface area contributed by atoms with E-state index in [9.17, 15) is 4.79 Å². The Hall–Kier alpha value is -2.92. The number of benzene rings is 2. The van der Waals surface area contributed by atoms with Crippen molar-refractivity contribution < 1.29 is 4.79 Å². The van der Waals surface area contributed by atoms with Gasteiger partial charge in [-0.1, -0.05) is 30.3 Å². The monoisotopic (exact) mass is 347 g/mol. The molecule has 0 fully saturated rings. The van der Waals surface area contributed by atoms with E-state index >= 15 is 0 Å². The summed E-state index contributed by atoms with van der Waals surface area (Å²) in [5.41, 5.74) is 5.16. The number of hydrogen-bond donors (Lipinski definition) is 1. The van der Waals surface area contributed by atoms with E-state index in [4.69, 9.17) is 0 Å². The third-order valence-electron chi connectivity index (χ3n) is 3.45. The third-order valence-corrected chi connectivity index (χ3v) is 4.53. The van der Waals surface area contributed by atoms with E-state index in [-0.39, 0.29) is 5.91 Å². The fourth-order valence-corrected chi connectivity index (χ4v) is 2.99. The van der Waals surface area contributed by atoms with Gasteiger partial charge in [0, 0.05) is 28.6 Å². The molecule has 0 saturated heterocycles. The van der Waals surface area contributed by atoms with Gasteiger partial charge in [-0.2, -0.15) is 5.10 Å². The molecule has 1 aromatic heterocycles. The summed E-state index contributed by atoms with van der Waals surface area (Å²) in [7, 11) is 0. The average Bonchev–Trinajstić information content (AvgIpc) is 2.68. The Morgan fingerprint density at radius 2 is 1.72 bits per heavy atom. The van der Waals surface area contributed by atoms with Crippen molar-refractivity contribution in [2.45, 2.75) is 10.6 Å². The molecule has 0 saturated carbocycles. The predicted molar refractivity (Wildman–Crippen MR) is 102 cm³/mol. The number of hydrogen-bond acceptors (Lipinski definition) is 4. The molecule has 2 aromatic carbocycles. The lowest BCUT2D eigenvalue weighted by Gasteiger charge is -2.04. The van der Waals surface area contributed by atoms with Gasteiger partial charge in [0.15, 0.2) is 0 Å². The molecule has 5 heteroatoms.